The number of H-pyrrole nitrogens is 1. The van der Waals surface area contributed by atoms with Gasteiger partial charge >= 0.3 is 0 Å². The average Bonchev–Trinajstić information content (AvgIpc) is 3.27. The Morgan fingerprint density at radius 3 is 2.54 bits per heavy atom. The number of fused-ring (bicyclic) bond motifs is 1. The first-order chi connectivity index (χ1) is 13.5. The molecule has 6 nitrogen and oxygen atoms in total. The quantitative estimate of drug-likeness (QED) is 0.545. The molecule has 6 heteroatoms. The van der Waals surface area contributed by atoms with Gasteiger partial charge in [0.15, 0.2) is 0 Å². The van der Waals surface area contributed by atoms with E-state index in [1.54, 1.807) is 0 Å². The number of nitrogens with zero attached hydrogens (tertiary/aromatic N) is 3. The third-order valence-electron chi connectivity index (χ3n) is 5.09. The average molecular weight is 373 g/mol. The minimum absolute atomic E-state index is 0.00447. The van der Waals surface area contributed by atoms with E-state index in [0.29, 0.717) is 6.42 Å². The molecule has 0 saturated carbocycles. The lowest BCUT2D eigenvalue weighted by atomic mass is 9.95. The first-order valence-corrected chi connectivity index (χ1v) is 9.39. The Bertz CT molecular complexity index is 1170. The van der Waals surface area contributed by atoms with Crippen molar-refractivity contribution in [1.29, 1.82) is 0 Å². The van der Waals surface area contributed by atoms with Gasteiger partial charge < -0.3 is 5.32 Å². The van der Waals surface area contributed by atoms with E-state index in [1.165, 1.54) is 11.1 Å². The normalized spacial score (nSPS) is 11.1. The molecule has 0 spiro atoms. The summed E-state index contributed by atoms with van der Waals surface area (Å²) in [5, 5.41) is 16.0. The summed E-state index contributed by atoms with van der Waals surface area (Å²) in [7, 11) is 0. The maximum absolute atomic E-state index is 11.6. The van der Waals surface area contributed by atoms with Crippen LogP contribution in [0.5, 0.6) is 0 Å². The molecule has 0 bridgehead atoms. The van der Waals surface area contributed by atoms with Crippen molar-refractivity contribution in [3.05, 3.63) is 59.5 Å². The molecule has 2 aromatic heterocycles. The summed E-state index contributed by atoms with van der Waals surface area (Å²) in [6.07, 6.45) is 2.33. The van der Waals surface area contributed by atoms with Gasteiger partial charge in [-0.3, -0.25) is 9.89 Å². The van der Waals surface area contributed by atoms with Gasteiger partial charge in [0.2, 0.25) is 5.91 Å². The molecule has 0 unspecified atom stereocenters. The number of carbonyl (C=O) groups is 1. The Kier molecular flexibility index (Phi) is 4.47. The van der Waals surface area contributed by atoms with Crippen molar-refractivity contribution in [1.82, 2.24) is 20.0 Å². The van der Waals surface area contributed by atoms with Gasteiger partial charge in [-0.2, -0.15) is 10.2 Å². The number of aromatic nitrogens is 4. The maximum Gasteiger partial charge on any atom is 0.224 e. The minimum Gasteiger partial charge on any atom is -0.326 e. The second kappa shape index (κ2) is 6.96. The van der Waals surface area contributed by atoms with E-state index < -0.39 is 0 Å². The van der Waals surface area contributed by atoms with E-state index in [9.17, 15) is 4.79 Å². The molecule has 0 atom stereocenters. The molecule has 142 valence electrons. The molecule has 2 heterocycles. The van der Waals surface area contributed by atoms with Gasteiger partial charge in [-0.05, 0) is 62.2 Å². The molecule has 0 aliphatic carbocycles. The number of aromatic amines is 1. The van der Waals surface area contributed by atoms with Gasteiger partial charge in [0, 0.05) is 28.8 Å². The predicted octanol–water partition coefficient (Wildman–Crippen LogP) is 4.69. The number of nitrogens with one attached hydrogen (secondary N) is 2. The summed E-state index contributed by atoms with van der Waals surface area (Å²) in [5.74, 6) is 0.00447. The SMILES string of the molecule is CCC(=O)Nc1ccc(-n2nc(C)c(-c3c(C)ccc4[nH]ncc34)c2C)cc1. The van der Waals surface area contributed by atoms with Gasteiger partial charge in [-0.25, -0.2) is 4.68 Å². The van der Waals surface area contributed by atoms with E-state index in [4.69, 9.17) is 5.10 Å². The first-order valence-electron chi connectivity index (χ1n) is 9.39. The van der Waals surface area contributed by atoms with Gasteiger partial charge in [-0.15, -0.1) is 0 Å². The number of hydrogen-bond acceptors (Lipinski definition) is 3. The lowest BCUT2D eigenvalue weighted by molar-refractivity contribution is -0.115. The zero-order valence-corrected chi connectivity index (χ0v) is 16.5. The molecular formula is C22H23N5O. The number of anilines is 1. The Balaban J connectivity index is 1.79. The van der Waals surface area contributed by atoms with Crippen LogP contribution in [0.25, 0.3) is 27.7 Å². The van der Waals surface area contributed by atoms with Crippen molar-refractivity contribution in [2.75, 3.05) is 5.32 Å². The molecule has 0 aliphatic rings. The Labute approximate surface area is 163 Å². The van der Waals surface area contributed by atoms with E-state index in [1.807, 2.05) is 49.0 Å². The second-order valence-electron chi connectivity index (χ2n) is 6.99. The van der Waals surface area contributed by atoms with Crippen LogP contribution in [0.2, 0.25) is 0 Å². The molecule has 0 aliphatic heterocycles. The van der Waals surface area contributed by atoms with Crippen LogP contribution in [-0.2, 0) is 4.79 Å². The van der Waals surface area contributed by atoms with Crippen LogP contribution >= 0.6 is 0 Å². The first kappa shape index (κ1) is 18.0. The maximum atomic E-state index is 11.6. The zero-order chi connectivity index (χ0) is 19.8. The van der Waals surface area contributed by atoms with Crippen molar-refractivity contribution >= 4 is 22.5 Å². The number of hydrogen-bond donors (Lipinski definition) is 2. The van der Waals surface area contributed by atoms with E-state index in [0.717, 1.165) is 39.2 Å². The van der Waals surface area contributed by atoms with Gasteiger partial charge in [-0.1, -0.05) is 13.0 Å². The standard InChI is InChI=1S/C22H23N5O/c1-5-20(28)24-16-7-9-17(10-8-16)27-15(4)22(14(3)26-27)21-13(2)6-11-19-18(21)12-23-25-19/h6-12H,5H2,1-4H3,(H,23,25)(H,24,28). The van der Waals surface area contributed by atoms with E-state index in [2.05, 4.69) is 41.5 Å². The molecule has 2 N–H and O–H groups in total. The highest BCUT2D eigenvalue weighted by atomic mass is 16.1. The van der Waals surface area contributed by atoms with Gasteiger partial charge in [0.1, 0.15) is 0 Å². The fourth-order valence-electron chi connectivity index (χ4n) is 3.65. The Morgan fingerprint density at radius 1 is 1.07 bits per heavy atom. The third-order valence-corrected chi connectivity index (χ3v) is 5.09. The van der Waals surface area contributed by atoms with Crippen LogP contribution in [0.15, 0.2) is 42.6 Å². The number of carbonyl (C=O) groups excluding carboxylic acids is 1. The van der Waals surface area contributed by atoms with Crippen LogP contribution in [0.1, 0.15) is 30.3 Å². The smallest absolute Gasteiger partial charge is 0.224 e. The van der Waals surface area contributed by atoms with Crippen molar-refractivity contribution < 1.29 is 4.79 Å². The van der Waals surface area contributed by atoms with Crippen LogP contribution in [0.4, 0.5) is 5.69 Å². The molecule has 0 fully saturated rings. The van der Waals surface area contributed by atoms with Crippen molar-refractivity contribution in [3.63, 3.8) is 0 Å². The zero-order valence-electron chi connectivity index (χ0n) is 16.5. The highest BCUT2D eigenvalue weighted by Gasteiger charge is 2.19. The minimum atomic E-state index is 0.00447. The largest absolute Gasteiger partial charge is 0.326 e. The summed E-state index contributed by atoms with van der Waals surface area (Å²) in [5.41, 5.74) is 8.29. The third kappa shape index (κ3) is 2.97. The highest BCUT2D eigenvalue weighted by molar-refractivity contribution is 5.97. The number of benzene rings is 2. The summed E-state index contributed by atoms with van der Waals surface area (Å²) in [6, 6.07) is 11.9. The van der Waals surface area contributed by atoms with Gasteiger partial charge in [0.25, 0.3) is 0 Å². The second-order valence-corrected chi connectivity index (χ2v) is 6.99. The predicted molar refractivity (Wildman–Crippen MR) is 112 cm³/mol. The topological polar surface area (TPSA) is 75.6 Å². The molecule has 0 radical (unpaired) electrons. The lowest BCUT2D eigenvalue weighted by Crippen LogP contribution is -2.09. The van der Waals surface area contributed by atoms with E-state index >= 15 is 0 Å². The molecule has 28 heavy (non-hydrogen) atoms. The lowest BCUT2D eigenvalue weighted by Gasteiger charge is -2.10. The highest BCUT2D eigenvalue weighted by Crippen LogP contribution is 2.36. The summed E-state index contributed by atoms with van der Waals surface area (Å²) >= 11 is 0. The van der Waals surface area contributed by atoms with Crippen LogP contribution < -0.4 is 5.32 Å². The van der Waals surface area contributed by atoms with Crippen LogP contribution in [-0.4, -0.2) is 25.9 Å². The number of amides is 1. The fourth-order valence-corrected chi connectivity index (χ4v) is 3.65. The summed E-state index contributed by atoms with van der Waals surface area (Å²) < 4.78 is 1.95. The molecule has 4 rings (SSSR count). The Hall–Kier alpha value is -3.41. The molecular weight excluding hydrogens is 350 g/mol. The molecule has 2 aromatic carbocycles. The van der Waals surface area contributed by atoms with Gasteiger partial charge in [0.05, 0.1) is 23.1 Å². The Morgan fingerprint density at radius 2 is 1.82 bits per heavy atom. The van der Waals surface area contributed by atoms with Crippen LogP contribution in [0, 0.1) is 20.8 Å². The summed E-state index contributed by atoms with van der Waals surface area (Å²) in [4.78, 5) is 11.6. The molecule has 0 saturated heterocycles. The summed E-state index contributed by atoms with van der Waals surface area (Å²) in [6.45, 7) is 8.07. The molecule has 4 aromatic rings. The van der Waals surface area contributed by atoms with Crippen molar-refractivity contribution in [2.24, 2.45) is 0 Å². The fraction of sp³-hybridized carbons (Fsp3) is 0.227. The number of rotatable bonds is 4. The number of aryl methyl sites for hydroxylation is 2. The van der Waals surface area contributed by atoms with E-state index in [-0.39, 0.29) is 5.91 Å². The molecule has 1 amide bonds. The van der Waals surface area contributed by atoms with Crippen LogP contribution in [0.3, 0.4) is 0 Å². The van der Waals surface area contributed by atoms with Crippen molar-refractivity contribution in [2.45, 2.75) is 34.1 Å². The van der Waals surface area contributed by atoms with Crippen molar-refractivity contribution in [3.8, 4) is 16.8 Å². The monoisotopic (exact) mass is 373 g/mol.